The summed E-state index contributed by atoms with van der Waals surface area (Å²) in [5.41, 5.74) is 5.30. The van der Waals surface area contributed by atoms with Crippen molar-refractivity contribution in [1.82, 2.24) is 10.2 Å². The molecule has 2 fully saturated rings. The lowest BCUT2D eigenvalue weighted by atomic mass is 9.86. The zero-order valence-corrected chi connectivity index (χ0v) is 12.3. The second-order valence-electron chi connectivity index (χ2n) is 6.21. The van der Waals surface area contributed by atoms with Crippen LogP contribution in [-0.2, 0) is 4.79 Å². The Bertz CT molecular complexity index is 302. The van der Waals surface area contributed by atoms with Gasteiger partial charge in [0.25, 0.3) is 0 Å². The highest BCUT2D eigenvalue weighted by Gasteiger charge is 2.39. The summed E-state index contributed by atoms with van der Waals surface area (Å²) in [5, 5.41) is 3.65. The fraction of sp³-hybridized carbons (Fsp3) is 0.933. The first-order valence-electron chi connectivity index (χ1n) is 7.96. The number of nitrogens with one attached hydrogen (secondary N) is 1. The van der Waals surface area contributed by atoms with Gasteiger partial charge in [-0.1, -0.05) is 26.2 Å². The van der Waals surface area contributed by atoms with Crippen LogP contribution in [0.2, 0.25) is 0 Å². The lowest BCUT2D eigenvalue weighted by molar-refractivity contribution is -0.125. The van der Waals surface area contributed by atoms with Crippen molar-refractivity contribution in [2.45, 2.75) is 69.9 Å². The zero-order valence-electron chi connectivity index (χ0n) is 12.3. The molecular weight excluding hydrogens is 238 g/mol. The molecule has 1 aliphatic carbocycles. The van der Waals surface area contributed by atoms with E-state index in [9.17, 15) is 4.79 Å². The van der Waals surface area contributed by atoms with Crippen LogP contribution in [0, 0.1) is 0 Å². The highest BCUT2D eigenvalue weighted by Crippen LogP contribution is 2.26. The summed E-state index contributed by atoms with van der Waals surface area (Å²) in [6.45, 7) is 5.33. The molecule has 1 aliphatic heterocycles. The van der Waals surface area contributed by atoms with Crippen LogP contribution in [0.3, 0.4) is 0 Å². The second kappa shape index (κ2) is 6.71. The molecule has 1 atom stereocenters. The highest BCUT2D eigenvalue weighted by atomic mass is 16.1. The van der Waals surface area contributed by atoms with Crippen LogP contribution in [-0.4, -0.2) is 42.0 Å². The van der Waals surface area contributed by atoms with Gasteiger partial charge >= 0.3 is 0 Å². The van der Waals surface area contributed by atoms with E-state index in [0.717, 1.165) is 38.9 Å². The van der Waals surface area contributed by atoms with Gasteiger partial charge in [-0.15, -0.1) is 0 Å². The molecule has 19 heavy (non-hydrogen) atoms. The van der Waals surface area contributed by atoms with Crippen molar-refractivity contribution in [2.75, 3.05) is 19.6 Å². The number of nitrogens with zero attached hydrogens (tertiary/aromatic N) is 1. The molecule has 1 unspecified atom stereocenters. The van der Waals surface area contributed by atoms with E-state index < -0.39 is 5.54 Å². The maximum absolute atomic E-state index is 12.0. The molecule has 1 saturated heterocycles. The van der Waals surface area contributed by atoms with Crippen molar-refractivity contribution < 1.29 is 4.79 Å². The fourth-order valence-corrected chi connectivity index (χ4v) is 3.61. The van der Waals surface area contributed by atoms with Crippen LogP contribution >= 0.6 is 0 Å². The van der Waals surface area contributed by atoms with Gasteiger partial charge in [0.1, 0.15) is 0 Å². The van der Waals surface area contributed by atoms with Gasteiger partial charge in [-0.3, -0.25) is 4.79 Å². The number of rotatable bonds is 4. The normalized spacial score (nSPS) is 31.0. The minimum absolute atomic E-state index is 0.143. The Morgan fingerprint density at radius 2 is 1.95 bits per heavy atom. The molecule has 2 aliphatic rings. The second-order valence-corrected chi connectivity index (χ2v) is 6.21. The maximum Gasteiger partial charge on any atom is 0.237 e. The van der Waals surface area contributed by atoms with Gasteiger partial charge in [0.05, 0.1) is 5.54 Å². The van der Waals surface area contributed by atoms with Crippen molar-refractivity contribution in [3.05, 3.63) is 0 Å². The Morgan fingerprint density at radius 1 is 1.21 bits per heavy atom. The third-order valence-corrected chi connectivity index (χ3v) is 4.94. The van der Waals surface area contributed by atoms with Gasteiger partial charge in [-0.25, -0.2) is 0 Å². The minimum Gasteiger partial charge on any atom is -0.368 e. The summed E-state index contributed by atoms with van der Waals surface area (Å²) in [6.07, 6.45) is 9.14. The molecule has 4 heteroatoms. The van der Waals surface area contributed by atoms with E-state index in [4.69, 9.17) is 5.73 Å². The van der Waals surface area contributed by atoms with Gasteiger partial charge in [0.2, 0.25) is 5.91 Å². The van der Waals surface area contributed by atoms with Crippen LogP contribution < -0.4 is 11.1 Å². The Labute approximate surface area is 117 Å². The van der Waals surface area contributed by atoms with E-state index in [1.807, 2.05) is 0 Å². The summed E-state index contributed by atoms with van der Waals surface area (Å²) in [6, 6.07) is 0.495. The first-order valence-corrected chi connectivity index (χ1v) is 7.96. The number of likely N-dealkylation sites (tertiary alicyclic amines) is 1. The largest absolute Gasteiger partial charge is 0.368 e. The lowest BCUT2D eigenvalue weighted by Gasteiger charge is -2.36. The fourth-order valence-electron chi connectivity index (χ4n) is 3.61. The zero-order chi connectivity index (χ0) is 13.7. The van der Waals surface area contributed by atoms with Crippen LogP contribution in [0.4, 0.5) is 0 Å². The van der Waals surface area contributed by atoms with Crippen molar-refractivity contribution in [3.8, 4) is 0 Å². The summed E-state index contributed by atoms with van der Waals surface area (Å²) in [7, 11) is 0. The summed E-state index contributed by atoms with van der Waals surface area (Å²) in [4.78, 5) is 14.5. The molecule has 1 saturated carbocycles. The maximum atomic E-state index is 12.0. The van der Waals surface area contributed by atoms with E-state index in [2.05, 4.69) is 17.1 Å². The average molecular weight is 267 g/mol. The highest BCUT2D eigenvalue weighted by molar-refractivity contribution is 5.84. The summed E-state index contributed by atoms with van der Waals surface area (Å²) in [5.74, 6) is -0.143. The van der Waals surface area contributed by atoms with E-state index in [1.165, 1.54) is 32.1 Å². The van der Waals surface area contributed by atoms with E-state index in [1.54, 1.807) is 0 Å². The Balaban J connectivity index is 2.02. The van der Waals surface area contributed by atoms with Crippen molar-refractivity contribution in [2.24, 2.45) is 5.73 Å². The molecule has 0 aromatic rings. The number of primary amides is 1. The quantitative estimate of drug-likeness (QED) is 0.814. The first-order chi connectivity index (χ1) is 9.16. The minimum atomic E-state index is -0.452. The summed E-state index contributed by atoms with van der Waals surface area (Å²) >= 11 is 0. The van der Waals surface area contributed by atoms with Crippen molar-refractivity contribution in [3.63, 3.8) is 0 Å². The molecule has 3 N–H and O–H groups in total. The number of amides is 1. The van der Waals surface area contributed by atoms with Gasteiger partial charge < -0.3 is 16.0 Å². The Hall–Kier alpha value is -0.610. The molecule has 0 bridgehead atoms. The molecule has 0 radical (unpaired) electrons. The number of carbonyl (C=O) groups is 1. The molecule has 0 spiro atoms. The van der Waals surface area contributed by atoms with E-state index >= 15 is 0 Å². The summed E-state index contributed by atoms with van der Waals surface area (Å²) < 4.78 is 0. The lowest BCUT2D eigenvalue weighted by Crippen LogP contribution is -2.59. The van der Waals surface area contributed by atoms with E-state index in [0.29, 0.717) is 6.04 Å². The van der Waals surface area contributed by atoms with Crippen LogP contribution in [0.25, 0.3) is 0 Å². The molecule has 4 nitrogen and oxygen atoms in total. The Kier molecular flexibility index (Phi) is 5.22. The molecule has 0 aromatic carbocycles. The Morgan fingerprint density at radius 3 is 2.58 bits per heavy atom. The van der Waals surface area contributed by atoms with Crippen LogP contribution in [0.1, 0.15) is 58.3 Å². The number of hydrogen-bond acceptors (Lipinski definition) is 3. The molecular formula is C15H29N3O. The monoisotopic (exact) mass is 267 g/mol. The topological polar surface area (TPSA) is 58.4 Å². The number of hydrogen-bond donors (Lipinski definition) is 2. The van der Waals surface area contributed by atoms with Crippen LogP contribution in [0.15, 0.2) is 0 Å². The van der Waals surface area contributed by atoms with Crippen LogP contribution in [0.5, 0.6) is 0 Å². The van der Waals surface area contributed by atoms with Crippen molar-refractivity contribution >= 4 is 5.91 Å². The molecule has 110 valence electrons. The molecule has 0 aromatic heterocycles. The molecule has 1 amide bonds. The number of nitrogens with two attached hydrogens (primary N) is 1. The van der Waals surface area contributed by atoms with Gasteiger partial charge in [0, 0.05) is 12.6 Å². The third kappa shape index (κ3) is 3.69. The first kappa shape index (κ1) is 14.8. The predicted molar refractivity (Wildman–Crippen MR) is 77.9 cm³/mol. The predicted octanol–water partition coefficient (Wildman–Crippen LogP) is 1.64. The van der Waals surface area contributed by atoms with Gasteiger partial charge in [0.15, 0.2) is 0 Å². The number of carbonyl (C=O) groups excluding carboxylic acids is 1. The average Bonchev–Trinajstić information content (AvgIpc) is 2.63. The third-order valence-electron chi connectivity index (χ3n) is 4.94. The molecule has 1 heterocycles. The SMILES string of the molecule is CCN1CCCC(NC2CCCCC2)(C(N)=O)CC1. The van der Waals surface area contributed by atoms with Crippen molar-refractivity contribution in [1.29, 1.82) is 0 Å². The standard InChI is InChI=1S/C15H29N3O/c1-2-18-11-6-9-15(10-12-18,14(16)19)17-13-7-4-3-5-8-13/h13,17H,2-12H2,1H3,(H2,16,19). The van der Waals surface area contributed by atoms with Gasteiger partial charge in [-0.05, 0) is 45.2 Å². The molecule has 2 rings (SSSR count). The smallest absolute Gasteiger partial charge is 0.237 e. The van der Waals surface area contributed by atoms with E-state index in [-0.39, 0.29) is 5.91 Å². The van der Waals surface area contributed by atoms with Gasteiger partial charge in [-0.2, -0.15) is 0 Å².